The van der Waals surface area contributed by atoms with Gasteiger partial charge in [0, 0.05) is 54.7 Å². The number of nitrogens with zero attached hydrogens (tertiary/aromatic N) is 2. The third-order valence-corrected chi connectivity index (χ3v) is 5.62. The maximum atomic E-state index is 4.46. The minimum absolute atomic E-state index is 0.836. The van der Waals surface area contributed by atoms with Crippen LogP contribution in [0, 0.1) is 6.92 Å². The highest BCUT2D eigenvalue weighted by atomic mass is 32.1. The van der Waals surface area contributed by atoms with Crippen LogP contribution in [-0.4, -0.2) is 36.1 Å². The Kier molecular flexibility index (Phi) is 6.28. The van der Waals surface area contributed by atoms with Gasteiger partial charge in [-0.15, -0.1) is 11.3 Å². The SMILES string of the molecule is CCc1cnc(CCNC(=NC)NCCc2c[nH]c3cc(C)ccc23)s1. The van der Waals surface area contributed by atoms with Crippen molar-refractivity contribution in [3.63, 3.8) is 0 Å². The number of thiazole rings is 1. The molecule has 3 aromatic rings. The van der Waals surface area contributed by atoms with E-state index in [-0.39, 0.29) is 0 Å². The first-order valence-corrected chi connectivity index (χ1v) is 9.96. The molecular weight excluding hydrogens is 342 g/mol. The number of rotatable bonds is 7. The van der Waals surface area contributed by atoms with Gasteiger partial charge in [-0.25, -0.2) is 4.98 Å². The van der Waals surface area contributed by atoms with Crippen LogP contribution < -0.4 is 10.6 Å². The van der Waals surface area contributed by atoms with Gasteiger partial charge in [-0.1, -0.05) is 19.1 Å². The summed E-state index contributed by atoms with van der Waals surface area (Å²) in [4.78, 5) is 13.5. The molecule has 6 heteroatoms. The molecule has 1 aromatic carbocycles. The summed E-state index contributed by atoms with van der Waals surface area (Å²) >= 11 is 1.80. The van der Waals surface area contributed by atoms with Crippen LogP contribution in [0.5, 0.6) is 0 Å². The van der Waals surface area contributed by atoms with Crippen molar-refractivity contribution in [3.8, 4) is 0 Å². The number of aliphatic imine (C=N–C) groups is 1. The molecule has 2 aromatic heterocycles. The van der Waals surface area contributed by atoms with Crippen LogP contribution in [0.1, 0.15) is 27.9 Å². The van der Waals surface area contributed by atoms with Gasteiger partial charge >= 0.3 is 0 Å². The number of hydrogen-bond acceptors (Lipinski definition) is 3. The molecule has 0 atom stereocenters. The van der Waals surface area contributed by atoms with Gasteiger partial charge in [0.15, 0.2) is 5.96 Å². The third-order valence-electron chi connectivity index (χ3n) is 4.41. The molecule has 3 N–H and O–H groups in total. The number of nitrogens with one attached hydrogen (secondary N) is 3. The molecule has 0 bridgehead atoms. The van der Waals surface area contributed by atoms with Crippen LogP contribution in [0.4, 0.5) is 0 Å². The Balaban J connectivity index is 1.45. The molecule has 3 rings (SSSR count). The maximum Gasteiger partial charge on any atom is 0.191 e. The predicted octanol–water partition coefficient (Wildman–Crippen LogP) is 3.45. The minimum Gasteiger partial charge on any atom is -0.361 e. The Bertz CT molecular complexity index is 877. The fraction of sp³-hybridized carbons (Fsp3) is 0.400. The second-order valence-electron chi connectivity index (χ2n) is 6.36. The molecule has 2 heterocycles. The second kappa shape index (κ2) is 8.85. The molecule has 0 amide bonds. The predicted molar refractivity (Wildman–Crippen MR) is 111 cm³/mol. The molecule has 0 radical (unpaired) electrons. The molecule has 0 aliphatic carbocycles. The van der Waals surface area contributed by atoms with Crippen LogP contribution in [0.25, 0.3) is 10.9 Å². The summed E-state index contributed by atoms with van der Waals surface area (Å²) in [5.74, 6) is 0.841. The van der Waals surface area contributed by atoms with E-state index in [9.17, 15) is 0 Å². The summed E-state index contributed by atoms with van der Waals surface area (Å²) in [6, 6.07) is 6.55. The molecule has 0 aliphatic heterocycles. The van der Waals surface area contributed by atoms with Gasteiger partial charge in [-0.05, 0) is 37.0 Å². The van der Waals surface area contributed by atoms with Gasteiger partial charge in [0.2, 0.25) is 0 Å². The number of aromatic nitrogens is 2. The van der Waals surface area contributed by atoms with E-state index < -0.39 is 0 Å². The molecule has 138 valence electrons. The monoisotopic (exact) mass is 369 g/mol. The Hall–Kier alpha value is -2.34. The van der Waals surface area contributed by atoms with E-state index in [0.717, 1.165) is 38.3 Å². The van der Waals surface area contributed by atoms with Gasteiger partial charge in [0.05, 0.1) is 5.01 Å². The lowest BCUT2D eigenvalue weighted by Gasteiger charge is -2.11. The molecule has 5 nitrogen and oxygen atoms in total. The lowest BCUT2D eigenvalue weighted by Crippen LogP contribution is -2.39. The highest BCUT2D eigenvalue weighted by Gasteiger charge is 2.05. The van der Waals surface area contributed by atoms with Gasteiger partial charge in [-0.2, -0.15) is 0 Å². The standard InChI is InChI=1S/C20H27N5S/c1-4-16-13-25-19(26-16)8-10-23-20(21-3)22-9-7-15-12-24-18-11-14(2)5-6-17(15)18/h5-6,11-13,24H,4,7-10H2,1-3H3,(H2,21,22,23). The van der Waals surface area contributed by atoms with E-state index in [4.69, 9.17) is 0 Å². The molecule has 0 saturated carbocycles. The van der Waals surface area contributed by atoms with Gasteiger partial charge in [0.1, 0.15) is 0 Å². The summed E-state index contributed by atoms with van der Waals surface area (Å²) in [5, 5.41) is 9.24. The number of fused-ring (bicyclic) bond motifs is 1. The van der Waals surface area contributed by atoms with Crippen LogP contribution >= 0.6 is 11.3 Å². The van der Waals surface area contributed by atoms with Crippen molar-refractivity contribution >= 4 is 28.2 Å². The first kappa shape index (κ1) is 18.5. The number of hydrogen-bond donors (Lipinski definition) is 3. The van der Waals surface area contributed by atoms with Gasteiger partial charge < -0.3 is 15.6 Å². The van der Waals surface area contributed by atoms with Crippen molar-refractivity contribution in [2.75, 3.05) is 20.1 Å². The van der Waals surface area contributed by atoms with E-state index in [0.29, 0.717) is 0 Å². The van der Waals surface area contributed by atoms with Gasteiger partial charge in [0.25, 0.3) is 0 Å². The van der Waals surface area contributed by atoms with Crippen molar-refractivity contribution in [1.82, 2.24) is 20.6 Å². The van der Waals surface area contributed by atoms with Crippen LogP contribution in [-0.2, 0) is 19.3 Å². The number of H-pyrrole nitrogens is 1. The average molecular weight is 370 g/mol. The maximum absolute atomic E-state index is 4.46. The molecule has 0 fully saturated rings. The number of benzene rings is 1. The smallest absolute Gasteiger partial charge is 0.191 e. The van der Waals surface area contributed by atoms with Gasteiger partial charge in [-0.3, -0.25) is 4.99 Å². The van der Waals surface area contributed by atoms with Crippen molar-refractivity contribution in [3.05, 3.63) is 51.6 Å². The van der Waals surface area contributed by atoms with E-state index in [2.05, 4.69) is 63.8 Å². The lowest BCUT2D eigenvalue weighted by atomic mass is 10.1. The zero-order valence-corrected chi connectivity index (χ0v) is 16.5. The summed E-state index contributed by atoms with van der Waals surface area (Å²) in [7, 11) is 1.81. The van der Waals surface area contributed by atoms with Crippen LogP contribution in [0.15, 0.2) is 35.6 Å². The first-order chi connectivity index (χ1) is 12.7. The summed E-state index contributed by atoms with van der Waals surface area (Å²) < 4.78 is 0. The normalized spacial score (nSPS) is 11.9. The van der Waals surface area contributed by atoms with E-state index in [1.807, 2.05) is 13.2 Å². The minimum atomic E-state index is 0.836. The largest absolute Gasteiger partial charge is 0.361 e. The Morgan fingerprint density at radius 1 is 1.23 bits per heavy atom. The fourth-order valence-corrected chi connectivity index (χ4v) is 3.82. The Morgan fingerprint density at radius 3 is 2.77 bits per heavy atom. The van der Waals surface area contributed by atoms with Crippen LogP contribution in [0.3, 0.4) is 0 Å². The molecule has 0 unspecified atom stereocenters. The van der Waals surface area contributed by atoms with E-state index in [1.165, 1.54) is 31.9 Å². The Labute approximate surface area is 159 Å². The van der Waals surface area contributed by atoms with E-state index >= 15 is 0 Å². The van der Waals surface area contributed by atoms with Crippen molar-refractivity contribution in [2.45, 2.75) is 33.1 Å². The van der Waals surface area contributed by atoms with Crippen molar-refractivity contribution in [2.24, 2.45) is 4.99 Å². The molecular formula is C20H27N5S. The number of guanidine groups is 1. The molecule has 26 heavy (non-hydrogen) atoms. The summed E-state index contributed by atoms with van der Waals surface area (Å²) in [5.41, 5.74) is 3.81. The zero-order valence-electron chi connectivity index (χ0n) is 15.7. The highest BCUT2D eigenvalue weighted by molar-refractivity contribution is 7.11. The molecule has 0 aliphatic rings. The quantitative estimate of drug-likeness (QED) is 0.441. The first-order valence-electron chi connectivity index (χ1n) is 9.14. The summed E-state index contributed by atoms with van der Waals surface area (Å²) in [6.45, 7) is 5.96. The number of aryl methyl sites for hydroxylation is 2. The topological polar surface area (TPSA) is 65.1 Å². The highest BCUT2D eigenvalue weighted by Crippen LogP contribution is 2.19. The summed E-state index contributed by atoms with van der Waals surface area (Å²) in [6.07, 6.45) is 7.02. The lowest BCUT2D eigenvalue weighted by molar-refractivity contribution is 0.783. The number of aromatic amines is 1. The second-order valence-corrected chi connectivity index (χ2v) is 7.56. The van der Waals surface area contributed by atoms with E-state index in [1.54, 1.807) is 11.3 Å². The Morgan fingerprint density at radius 2 is 2.04 bits per heavy atom. The van der Waals surface area contributed by atoms with Crippen molar-refractivity contribution in [1.29, 1.82) is 0 Å². The average Bonchev–Trinajstić information content (AvgIpc) is 3.27. The van der Waals surface area contributed by atoms with Crippen molar-refractivity contribution < 1.29 is 0 Å². The third kappa shape index (κ3) is 4.64. The molecule has 0 saturated heterocycles. The zero-order chi connectivity index (χ0) is 18.4. The van der Waals surface area contributed by atoms with Crippen LogP contribution in [0.2, 0.25) is 0 Å². The fourth-order valence-electron chi connectivity index (χ4n) is 2.96. The molecule has 0 spiro atoms.